The maximum absolute atomic E-state index is 6.00. The lowest BCUT2D eigenvalue weighted by atomic mass is 9.98. The van der Waals surface area contributed by atoms with E-state index in [1.165, 1.54) is 5.56 Å². The molecule has 0 N–H and O–H groups in total. The second-order valence-corrected chi connectivity index (χ2v) is 4.68. The van der Waals surface area contributed by atoms with Crippen LogP contribution in [0.25, 0.3) is 0 Å². The van der Waals surface area contributed by atoms with Crippen LogP contribution in [-0.2, 0) is 6.42 Å². The zero-order valence-electron chi connectivity index (χ0n) is 8.27. The molecule has 0 aliphatic rings. The number of hydrogen-bond donors (Lipinski definition) is 0. The van der Waals surface area contributed by atoms with Gasteiger partial charge in [-0.3, -0.25) is 0 Å². The Morgan fingerprint density at radius 3 is 2.67 bits per heavy atom. The van der Waals surface area contributed by atoms with Crippen LogP contribution in [0.15, 0.2) is 41.9 Å². The van der Waals surface area contributed by atoms with Gasteiger partial charge in [0.1, 0.15) is 0 Å². The van der Waals surface area contributed by atoms with Crippen molar-refractivity contribution < 1.29 is 0 Å². The summed E-state index contributed by atoms with van der Waals surface area (Å²) in [6.45, 7) is 0. The maximum atomic E-state index is 6.00. The molecule has 2 aromatic rings. The predicted molar refractivity (Wildman–Crippen MR) is 65.7 cm³/mol. The Hall–Kier alpha value is -0.860. The van der Waals surface area contributed by atoms with E-state index in [9.17, 15) is 0 Å². The molecule has 3 heteroatoms. The average Bonchev–Trinajstić information content (AvgIpc) is 2.80. The normalized spacial score (nSPS) is 12.6. The summed E-state index contributed by atoms with van der Waals surface area (Å²) in [5, 5.41) is 3.16. The van der Waals surface area contributed by atoms with Gasteiger partial charge in [0.25, 0.3) is 0 Å². The van der Waals surface area contributed by atoms with Crippen LogP contribution in [0.5, 0.6) is 0 Å². The molecule has 1 unspecified atom stereocenters. The van der Waals surface area contributed by atoms with E-state index in [0.29, 0.717) is 11.8 Å². The summed E-state index contributed by atoms with van der Waals surface area (Å²) in [6.07, 6.45) is 2.78. The summed E-state index contributed by atoms with van der Waals surface area (Å²) in [4.78, 5) is 4.29. The fourth-order valence-electron chi connectivity index (χ4n) is 1.55. The Kier molecular flexibility index (Phi) is 3.75. The first-order chi connectivity index (χ1) is 7.40. The van der Waals surface area contributed by atoms with Crippen LogP contribution < -0.4 is 0 Å². The van der Waals surface area contributed by atoms with Gasteiger partial charge in [-0.05, 0) is 5.56 Å². The molecule has 0 radical (unpaired) electrons. The lowest BCUT2D eigenvalue weighted by Crippen LogP contribution is -2.04. The number of rotatable bonds is 4. The smallest absolute Gasteiger partial charge is 0.0931 e. The molecular weight excluding hydrogens is 226 g/mol. The van der Waals surface area contributed by atoms with Crippen molar-refractivity contribution in [3.05, 3.63) is 52.5 Å². The molecule has 0 spiro atoms. The Morgan fingerprint density at radius 2 is 2.07 bits per heavy atom. The minimum Gasteiger partial charge on any atom is -0.250 e. The highest BCUT2D eigenvalue weighted by Gasteiger charge is 2.11. The molecule has 78 valence electrons. The van der Waals surface area contributed by atoms with Crippen LogP contribution in [0.2, 0.25) is 0 Å². The lowest BCUT2D eigenvalue weighted by molar-refractivity contribution is 0.761. The van der Waals surface area contributed by atoms with E-state index in [1.54, 1.807) is 11.3 Å². The van der Waals surface area contributed by atoms with E-state index in [2.05, 4.69) is 29.2 Å². The van der Waals surface area contributed by atoms with Gasteiger partial charge in [0.2, 0.25) is 0 Å². The summed E-state index contributed by atoms with van der Waals surface area (Å²) in [5.41, 5.74) is 1.29. The fraction of sp³-hybridized carbons (Fsp3) is 0.250. The Balaban J connectivity index is 2.12. The quantitative estimate of drug-likeness (QED) is 0.739. The number of benzene rings is 1. The predicted octanol–water partition coefficient (Wildman–Crippen LogP) is 3.71. The molecule has 0 aliphatic carbocycles. The van der Waals surface area contributed by atoms with Gasteiger partial charge in [-0.2, -0.15) is 0 Å². The van der Waals surface area contributed by atoms with E-state index in [-0.39, 0.29) is 0 Å². The number of halogens is 1. The highest BCUT2D eigenvalue weighted by atomic mass is 35.5. The molecule has 1 aromatic carbocycles. The summed E-state index contributed by atoms with van der Waals surface area (Å²) >= 11 is 7.69. The second kappa shape index (κ2) is 5.29. The van der Waals surface area contributed by atoms with Gasteiger partial charge in [0, 0.05) is 29.8 Å². The lowest BCUT2D eigenvalue weighted by Gasteiger charge is -2.12. The van der Waals surface area contributed by atoms with Crippen molar-refractivity contribution in [2.45, 2.75) is 12.3 Å². The fourth-order valence-corrected chi connectivity index (χ4v) is 2.54. The van der Waals surface area contributed by atoms with Crippen molar-refractivity contribution in [3.63, 3.8) is 0 Å². The van der Waals surface area contributed by atoms with E-state index in [4.69, 9.17) is 11.6 Å². The third kappa shape index (κ3) is 2.80. The van der Waals surface area contributed by atoms with Gasteiger partial charge in [-0.1, -0.05) is 30.3 Å². The summed E-state index contributed by atoms with van der Waals surface area (Å²) in [7, 11) is 0. The molecule has 15 heavy (non-hydrogen) atoms. The van der Waals surface area contributed by atoms with Crippen molar-refractivity contribution in [1.82, 2.24) is 4.98 Å². The summed E-state index contributed by atoms with van der Waals surface area (Å²) < 4.78 is 0. The number of nitrogens with zero attached hydrogens (tertiary/aromatic N) is 1. The highest BCUT2D eigenvalue weighted by Crippen LogP contribution is 2.22. The van der Waals surface area contributed by atoms with Crippen molar-refractivity contribution in [3.8, 4) is 0 Å². The van der Waals surface area contributed by atoms with E-state index in [1.807, 2.05) is 17.6 Å². The van der Waals surface area contributed by atoms with Gasteiger partial charge >= 0.3 is 0 Å². The molecule has 1 heterocycles. The second-order valence-electron chi connectivity index (χ2n) is 3.39. The molecule has 0 amide bonds. The minimum absolute atomic E-state index is 0.374. The molecular formula is C12H12ClNS. The highest BCUT2D eigenvalue weighted by molar-refractivity contribution is 7.09. The van der Waals surface area contributed by atoms with Crippen LogP contribution >= 0.6 is 22.9 Å². The summed E-state index contributed by atoms with van der Waals surface area (Å²) in [6, 6.07) is 10.4. The van der Waals surface area contributed by atoms with Crippen molar-refractivity contribution >= 4 is 22.9 Å². The van der Waals surface area contributed by atoms with Crippen molar-refractivity contribution in [2.75, 3.05) is 5.88 Å². The van der Waals surface area contributed by atoms with Gasteiger partial charge in [-0.25, -0.2) is 4.98 Å². The van der Waals surface area contributed by atoms with Crippen molar-refractivity contribution in [2.24, 2.45) is 0 Å². The van der Waals surface area contributed by atoms with Crippen LogP contribution in [0.1, 0.15) is 16.5 Å². The summed E-state index contributed by atoms with van der Waals surface area (Å²) in [5.74, 6) is 1.02. The molecule has 1 aromatic heterocycles. The third-order valence-corrected chi connectivity index (χ3v) is 3.54. The first-order valence-electron chi connectivity index (χ1n) is 4.89. The monoisotopic (exact) mass is 237 g/mol. The number of aromatic nitrogens is 1. The van der Waals surface area contributed by atoms with Gasteiger partial charge in [0.05, 0.1) is 5.01 Å². The molecule has 1 nitrogen and oxygen atoms in total. The van der Waals surface area contributed by atoms with E-state index >= 15 is 0 Å². The standard InChI is InChI=1S/C12H12ClNS/c13-9-11(8-12-14-6-7-15-12)10-4-2-1-3-5-10/h1-7,11H,8-9H2. The largest absolute Gasteiger partial charge is 0.250 e. The van der Waals surface area contributed by atoms with E-state index < -0.39 is 0 Å². The van der Waals surface area contributed by atoms with Crippen LogP contribution in [0.4, 0.5) is 0 Å². The topological polar surface area (TPSA) is 12.9 Å². The molecule has 0 aliphatic heterocycles. The Bertz CT molecular complexity index is 385. The van der Waals surface area contributed by atoms with Gasteiger partial charge in [-0.15, -0.1) is 22.9 Å². The maximum Gasteiger partial charge on any atom is 0.0931 e. The first-order valence-corrected chi connectivity index (χ1v) is 6.31. The molecule has 0 bridgehead atoms. The Labute approximate surface area is 98.7 Å². The van der Waals surface area contributed by atoms with Crippen LogP contribution in [0, 0.1) is 0 Å². The molecule has 0 saturated carbocycles. The molecule has 0 saturated heterocycles. The Morgan fingerprint density at radius 1 is 1.27 bits per heavy atom. The zero-order chi connectivity index (χ0) is 10.5. The third-order valence-electron chi connectivity index (χ3n) is 2.36. The minimum atomic E-state index is 0.374. The number of hydrogen-bond acceptors (Lipinski definition) is 2. The molecule has 0 fully saturated rings. The molecule has 1 atom stereocenters. The molecule has 2 rings (SSSR count). The van der Waals surface area contributed by atoms with Crippen LogP contribution in [-0.4, -0.2) is 10.9 Å². The average molecular weight is 238 g/mol. The van der Waals surface area contributed by atoms with Gasteiger partial charge < -0.3 is 0 Å². The zero-order valence-corrected chi connectivity index (χ0v) is 9.84. The van der Waals surface area contributed by atoms with E-state index in [0.717, 1.165) is 11.4 Å². The first kappa shape index (κ1) is 10.7. The van der Waals surface area contributed by atoms with Gasteiger partial charge in [0.15, 0.2) is 0 Å². The van der Waals surface area contributed by atoms with Crippen LogP contribution in [0.3, 0.4) is 0 Å². The number of alkyl halides is 1. The van der Waals surface area contributed by atoms with Crippen molar-refractivity contribution in [1.29, 1.82) is 0 Å². The number of thiazole rings is 1. The SMILES string of the molecule is ClCC(Cc1nccs1)c1ccccc1.